The quantitative estimate of drug-likeness (QED) is 0.660. The number of ketones is 1. The fourth-order valence-electron chi connectivity index (χ4n) is 3.92. The van der Waals surface area contributed by atoms with Crippen LogP contribution in [0.1, 0.15) is 27.9 Å². The molecule has 1 aromatic heterocycles. The lowest BCUT2D eigenvalue weighted by Crippen LogP contribution is -2.41. The fourth-order valence-corrected chi connectivity index (χ4v) is 3.92. The zero-order chi connectivity index (χ0) is 20.7. The van der Waals surface area contributed by atoms with Crippen molar-refractivity contribution in [2.45, 2.75) is 18.6 Å². The molecule has 30 heavy (non-hydrogen) atoms. The maximum Gasteiger partial charge on any atom is 0.264 e. The molecule has 0 radical (unpaired) electrons. The molecule has 1 amide bonds. The second-order valence-electron chi connectivity index (χ2n) is 7.30. The number of ether oxygens (including phenoxy) is 2. The molecule has 0 spiro atoms. The van der Waals surface area contributed by atoms with Gasteiger partial charge in [-0.1, -0.05) is 24.3 Å². The molecule has 5 rings (SSSR count). The molecular weight excluding hydrogens is 384 g/mol. The first-order valence-electron chi connectivity index (χ1n) is 9.52. The number of aromatic nitrogens is 1. The molecule has 1 atom stereocenters. The van der Waals surface area contributed by atoms with Gasteiger partial charge in [-0.2, -0.15) is 0 Å². The van der Waals surface area contributed by atoms with Gasteiger partial charge in [0, 0.05) is 23.5 Å². The molecule has 0 saturated heterocycles. The van der Waals surface area contributed by atoms with E-state index in [1.807, 2.05) is 12.1 Å². The van der Waals surface area contributed by atoms with Crippen LogP contribution >= 0.6 is 0 Å². The highest BCUT2D eigenvalue weighted by molar-refractivity contribution is 6.10. The molecular formula is C23H18N2O5. The number of nitrogens with zero attached hydrogens (tertiary/aromatic N) is 2. The van der Waals surface area contributed by atoms with Gasteiger partial charge in [0.15, 0.2) is 22.9 Å². The van der Waals surface area contributed by atoms with Crippen molar-refractivity contribution in [1.29, 1.82) is 0 Å². The Balaban J connectivity index is 1.47. The van der Waals surface area contributed by atoms with E-state index in [9.17, 15) is 14.7 Å². The predicted molar refractivity (Wildman–Crippen MR) is 107 cm³/mol. The standard InChI is InChI=1S/C23H18N2O5/c26-19(16-4-3-9-24-12-16)11-23(28)17-5-1-2-6-18(17)25(22(23)27)13-15-7-8-20-21(10-15)30-14-29-20/h1-10,12,28H,11,13-14H2. The molecule has 0 aliphatic carbocycles. The van der Waals surface area contributed by atoms with E-state index in [-0.39, 0.29) is 25.5 Å². The summed E-state index contributed by atoms with van der Waals surface area (Å²) in [6.45, 7) is 0.399. The maximum absolute atomic E-state index is 13.3. The molecule has 3 heterocycles. The molecule has 0 saturated carbocycles. The van der Waals surface area contributed by atoms with Crippen LogP contribution in [0.15, 0.2) is 67.0 Å². The Morgan fingerprint density at radius 3 is 2.77 bits per heavy atom. The molecule has 0 fully saturated rings. The first kappa shape index (κ1) is 18.3. The number of aliphatic hydroxyl groups is 1. The number of hydrogen-bond acceptors (Lipinski definition) is 6. The number of pyridine rings is 1. The number of amides is 1. The summed E-state index contributed by atoms with van der Waals surface area (Å²) >= 11 is 0. The number of rotatable bonds is 5. The van der Waals surface area contributed by atoms with Gasteiger partial charge in [-0.25, -0.2) is 0 Å². The van der Waals surface area contributed by atoms with Crippen LogP contribution in [0.4, 0.5) is 5.69 Å². The fraction of sp³-hybridized carbons (Fsp3) is 0.174. The predicted octanol–water partition coefficient (Wildman–Crippen LogP) is 2.82. The molecule has 0 bridgehead atoms. The van der Waals surface area contributed by atoms with Crippen molar-refractivity contribution >= 4 is 17.4 Å². The van der Waals surface area contributed by atoms with Gasteiger partial charge in [0.2, 0.25) is 6.79 Å². The molecule has 2 aliphatic rings. The van der Waals surface area contributed by atoms with E-state index in [4.69, 9.17) is 9.47 Å². The minimum atomic E-state index is -1.93. The zero-order valence-corrected chi connectivity index (χ0v) is 15.9. The van der Waals surface area contributed by atoms with Crippen molar-refractivity contribution in [3.05, 3.63) is 83.7 Å². The van der Waals surface area contributed by atoms with Crippen molar-refractivity contribution < 1.29 is 24.2 Å². The Hall–Kier alpha value is -3.71. The Morgan fingerprint density at radius 2 is 1.93 bits per heavy atom. The number of fused-ring (bicyclic) bond motifs is 2. The van der Waals surface area contributed by atoms with Crippen LogP contribution in [0.5, 0.6) is 11.5 Å². The van der Waals surface area contributed by atoms with Crippen LogP contribution in [-0.4, -0.2) is 28.6 Å². The van der Waals surface area contributed by atoms with Gasteiger partial charge in [0.1, 0.15) is 0 Å². The first-order chi connectivity index (χ1) is 14.6. The van der Waals surface area contributed by atoms with Gasteiger partial charge in [-0.3, -0.25) is 14.6 Å². The van der Waals surface area contributed by atoms with Crippen LogP contribution in [-0.2, 0) is 16.9 Å². The molecule has 3 aromatic rings. The van der Waals surface area contributed by atoms with E-state index in [2.05, 4.69) is 4.98 Å². The number of carbonyl (C=O) groups excluding carboxylic acids is 2. The van der Waals surface area contributed by atoms with Gasteiger partial charge in [-0.15, -0.1) is 0 Å². The lowest BCUT2D eigenvalue weighted by molar-refractivity contribution is -0.136. The third-order valence-electron chi connectivity index (χ3n) is 5.42. The van der Waals surface area contributed by atoms with E-state index in [1.165, 1.54) is 11.1 Å². The minimum absolute atomic E-state index is 0.167. The van der Waals surface area contributed by atoms with E-state index in [0.717, 1.165) is 5.56 Å². The summed E-state index contributed by atoms with van der Waals surface area (Å²) in [5, 5.41) is 11.4. The van der Waals surface area contributed by atoms with Crippen LogP contribution in [0.2, 0.25) is 0 Å². The highest BCUT2D eigenvalue weighted by Crippen LogP contribution is 2.44. The number of Topliss-reactive ketones (excluding diaryl/α,β-unsaturated/α-hetero) is 1. The van der Waals surface area contributed by atoms with Crippen molar-refractivity contribution in [2.24, 2.45) is 0 Å². The van der Waals surface area contributed by atoms with Crippen molar-refractivity contribution in [3.63, 3.8) is 0 Å². The molecule has 7 nitrogen and oxygen atoms in total. The summed E-state index contributed by atoms with van der Waals surface area (Å²) < 4.78 is 10.8. The van der Waals surface area contributed by atoms with Crippen LogP contribution in [0.25, 0.3) is 0 Å². The van der Waals surface area contributed by atoms with E-state index in [0.29, 0.717) is 28.3 Å². The summed E-state index contributed by atoms with van der Waals surface area (Å²) in [7, 11) is 0. The van der Waals surface area contributed by atoms with Crippen molar-refractivity contribution in [1.82, 2.24) is 4.98 Å². The van der Waals surface area contributed by atoms with Gasteiger partial charge in [-0.05, 0) is 35.9 Å². The second-order valence-corrected chi connectivity index (χ2v) is 7.30. The molecule has 150 valence electrons. The number of para-hydroxylation sites is 1. The number of hydrogen-bond donors (Lipinski definition) is 1. The summed E-state index contributed by atoms with van der Waals surface area (Å²) in [5.41, 5.74) is 0.255. The molecule has 2 aliphatic heterocycles. The zero-order valence-electron chi connectivity index (χ0n) is 15.9. The third kappa shape index (κ3) is 2.91. The highest BCUT2D eigenvalue weighted by atomic mass is 16.7. The Morgan fingerprint density at radius 1 is 1.10 bits per heavy atom. The molecule has 2 aromatic carbocycles. The third-order valence-corrected chi connectivity index (χ3v) is 5.42. The van der Waals surface area contributed by atoms with Gasteiger partial charge >= 0.3 is 0 Å². The summed E-state index contributed by atoms with van der Waals surface area (Å²) in [4.78, 5) is 31.5. The van der Waals surface area contributed by atoms with Gasteiger partial charge in [0.05, 0.1) is 18.7 Å². The molecule has 1 N–H and O–H groups in total. The van der Waals surface area contributed by atoms with E-state index < -0.39 is 11.5 Å². The molecule has 7 heteroatoms. The van der Waals surface area contributed by atoms with E-state index in [1.54, 1.807) is 48.7 Å². The average Bonchev–Trinajstić information content (AvgIpc) is 3.32. The summed E-state index contributed by atoms with van der Waals surface area (Å²) in [5.74, 6) is 0.400. The Labute approximate surface area is 172 Å². The first-order valence-corrected chi connectivity index (χ1v) is 9.52. The van der Waals surface area contributed by atoms with Crippen LogP contribution in [0, 0.1) is 0 Å². The normalized spacial score (nSPS) is 19.1. The van der Waals surface area contributed by atoms with Gasteiger partial charge < -0.3 is 19.5 Å². The van der Waals surface area contributed by atoms with Crippen molar-refractivity contribution in [3.8, 4) is 11.5 Å². The lowest BCUT2D eigenvalue weighted by Gasteiger charge is -2.23. The van der Waals surface area contributed by atoms with Crippen LogP contribution < -0.4 is 14.4 Å². The second kappa shape index (κ2) is 6.96. The topological polar surface area (TPSA) is 89.0 Å². The van der Waals surface area contributed by atoms with Crippen molar-refractivity contribution in [2.75, 3.05) is 11.7 Å². The summed E-state index contributed by atoms with van der Waals surface area (Å²) in [6.07, 6.45) is 2.64. The van der Waals surface area contributed by atoms with Gasteiger partial charge in [0.25, 0.3) is 5.91 Å². The number of benzene rings is 2. The van der Waals surface area contributed by atoms with Crippen LogP contribution in [0.3, 0.4) is 0 Å². The monoisotopic (exact) mass is 402 g/mol. The average molecular weight is 402 g/mol. The minimum Gasteiger partial charge on any atom is -0.454 e. The lowest BCUT2D eigenvalue weighted by atomic mass is 9.88. The highest BCUT2D eigenvalue weighted by Gasteiger charge is 2.50. The largest absolute Gasteiger partial charge is 0.454 e. The Bertz CT molecular complexity index is 1150. The Kier molecular flexibility index (Phi) is 4.25. The maximum atomic E-state index is 13.3. The SMILES string of the molecule is O=C(CC1(O)C(=O)N(Cc2ccc3c(c2)OCO3)c2ccccc21)c1cccnc1. The summed E-state index contributed by atoms with van der Waals surface area (Å²) in [6, 6.07) is 15.7. The number of carbonyl (C=O) groups is 2. The smallest absolute Gasteiger partial charge is 0.264 e. The molecule has 1 unspecified atom stereocenters. The number of anilines is 1. The van der Waals surface area contributed by atoms with E-state index >= 15 is 0 Å².